The van der Waals surface area contributed by atoms with Gasteiger partial charge in [-0.3, -0.25) is 4.79 Å². The van der Waals surface area contributed by atoms with E-state index in [1.807, 2.05) is 30.9 Å². The number of carbonyl (C=O) groups is 1. The number of nitrogens with zero attached hydrogens (tertiary/aromatic N) is 3. The van der Waals surface area contributed by atoms with Gasteiger partial charge >= 0.3 is 0 Å². The van der Waals surface area contributed by atoms with Gasteiger partial charge in [-0.25, -0.2) is 14.4 Å². The van der Waals surface area contributed by atoms with Gasteiger partial charge in [0.05, 0.1) is 15.9 Å². The summed E-state index contributed by atoms with van der Waals surface area (Å²) in [5.41, 5.74) is 2.34. The fraction of sp³-hybridized carbons (Fsp3) is 0.375. The molecule has 4 unspecified atom stereocenters. The maximum Gasteiger partial charge on any atom is 0.274 e. The van der Waals surface area contributed by atoms with Crippen LogP contribution in [0.3, 0.4) is 0 Å². The molecule has 160 valence electrons. The van der Waals surface area contributed by atoms with Crippen molar-refractivity contribution in [3.05, 3.63) is 64.7 Å². The molecule has 5 nitrogen and oxygen atoms in total. The van der Waals surface area contributed by atoms with E-state index in [1.54, 1.807) is 18.3 Å². The van der Waals surface area contributed by atoms with Crippen molar-refractivity contribution in [3.8, 4) is 16.3 Å². The average molecular weight is 438 g/mol. The minimum atomic E-state index is -0.298. The maximum absolute atomic E-state index is 13.7. The third-order valence-corrected chi connectivity index (χ3v) is 7.44. The van der Waals surface area contributed by atoms with E-state index in [0.29, 0.717) is 17.5 Å². The number of rotatable bonds is 4. The van der Waals surface area contributed by atoms with Gasteiger partial charge < -0.3 is 9.64 Å². The van der Waals surface area contributed by atoms with Crippen molar-refractivity contribution >= 4 is 17.2 Å². The number of benzene rings is 1. The third-order valence-electron chi connectivity index (χ3n) is 6.42. The van der Waals surface area contributed by atoms with Crippen molar-refractivity contribution in [1.82, 2.24) is 14.9 Å². The summed E-state index contributed by atoms with van der Waals surface area (Å²) in [7, 11) is 0. The third kappa shape index (κ3) is 3.61. The lowest BCUT2D eigenvalue weighted by atomic mass is 9.98. The Bertz CT molecular complexity index is 1110. The number of aryl methyl sites for hydroxylation is 2. The van der Waals surface area contributed by atoms with Crippen molar-refractivity contribution in [2.75, 3.05) is 0 Å². The van der Waals surface area contributed by atoms with Gasteiger partial charge in [0.2, 0.25) is 5.88 Å². The molecule has 5 rings (SSSR count). The summed E-state index contributed by atoms with van der Waals surface area (Å²) in [6.45, 7) is 5.99. The Kier molecular flexibility index (Phi) is 5.01. The van der Waals surface area contributed by atoms with Gasteiger partial charge in [-0.05, 0) is 62.8 Å². The first-order valence-electron chi connectivity index (χ1n) is 10.6. The first kappa shape index (κ1) is 20.1. The van der Waals surface area contributed by atoms with Crippen LogP contribution in [-0.4, -0.2) is 39.0 Å². The van der Waals surface area contributed by atoms with E-state index in [1.165, 1.54) is 23.5 Å². The second-order valence-corrected chi connectivity index (χ2v) is 9.70. The van der Waals surface area contributed by atoms with E-state index in [-0.39, 0.29) is 29.9 Å². The van der Waals surface area contributed by atoms with Gasteiger partial charge in [-0.1, -0.05) is 18.2 Å². The van der Waals surface area contributed by atoms with Gasteiger partial charge in [0.1, 0.15) is 17.6 Å². The van der Waals surface area contributed by atoms with Crippen LogP contribution in [0.4, 0.5) is 4.39 Å². The van der Waals surface area contributed by atoms with Crippen LogP contribution in [0.15, 0.2) is 42.6 Å². The molecule has 1 aliphatic heterocycles. The largest absolute Gasteiger partial charge is 0.472 e. The SMILES string of the molecule is Cc1ccc(OC2CC3CC2N(C(=O)c2nc(C)sc2-c2ccc(F)cc2)C3C)nc1. The smallest absolute Gasteiger partial charge is 0.274 e. The number of amides is 1. The molecule has 3 aromatic rings. The first-order valence-corrected chi connectivity index (χ1v) is 11.4. The lowest BCUT2D eigenvalue weighted by Crippen LogP contribution is -2.51. The number of hydrogen-bond acceptors (Lipinski definition) is 5. The summed E-state index contributed by atoms with van der Waals surface area (Å²) < 4.78 is 19.6. The molecule has 7 heteroatoms. The van der Waals surface area contributed by atoms with Crippen molar-refractivity contribution in [3.63, 3.8) is 0 Å². The summed E-state index contributed by atoms with van der Waals surface area (Å²) in [6.07, 6.45) is 3.57. The lowest BCUT2D eigenvalue weighted by Gasteiger charge is -2.37. The molecule has 2 aromatic heterocycles. The second-order valence-electron chi connectivity index (χ2n) is 8.50. The summed E-state index contributed by atoms with van der Waals surface area (Å²) in [5, 5.41) is 0.816. The van der Waals surface area contributed by atoms with Gasteiger partial charge in [0.15, 0.2) is 0 Å². The van der Waals surface area contributed by atoms with Crippen LogP contribution in [0.5, 0.6) is 5.88 Å². The number of piperidine rings is 1. The molecule has 31 heavy (non-hydrogen) atoms. The number of hydrogen-bond donors (Lipinski definition) is 0. The molecule has 0 spiro atoms. The summed E-state index contributed by atoms with van der Waals surface area (Å²) in [6, 6.07) is 10.2. The Balaban J connectivity index is 1.43. The molecule has 1 amide bonds. The molecule has 0 N–H and O–H groups in total. The standard InChI is InChI=1S/C24H24FN3O2S/c1-13-4-9-21(26-12-13)30-20-11-17-10-19(20)28(14(17)2)24(29)22-23(31-15(3)27-22)16-5-7-18(25)8-6-16/h4-9,12,14,17,19-20H,10-11H2,1-3H3. The predicted molar refractivity (Wildman–Crippen MR) is 118 cm³/mol. The topological polar surface area (TPSA) is 55.3 Å². The molecule has 1 aromatic carbocycles. The number of pyridine rings is 1. The fourth-order valence-corrected chi connectivity index (χ4v) is 5.78. The van der Waals surface area contributed by atoms with E-state index >= 15 is 0 Å². The minimum Gasteiger partial charge on any atom is -0.472 e. The maximum atomic E-state index is 13.7. The highest BCUT2D eigenvalue weighted by molar-refractivity contribution is 7.15. The zero-order valence-corrected chi connectivity index (χ0v) is 18.5. The van der Waals surface area contributed by atoms with Crippen molar-refractivity contribution in [2.24, 2.45) is 5.92 Å². The van der Waals surface area contributed by atoms with Crippen LogP contribution in [-0.2, 0) is 0 Å². The van der Waals surface area contributed by atoms with E-state index in [9.17, 15) is 9.18 Å². The average Bonchev–Trinajstić information content (AvgIpc) is 3.42. The summed E-state index contributed by atoms with van der Waals surface area (Å²) in [5.74, 6) is 0.625. The highest BCUT2D eigenvalue weighted by Gasteiger charge is 2.53. The van der Waals surface area contributed by atoms with E-state index in [4.69, 9.17) is 4.74 Å². The van der Waals surface area contributed by atoms with E-state index in [0.717, 1.165) is 33.9 Å². The van der Waals surface area contributed by atoms with Gasteiger partial charge in [-0.2, -0.15) is 0 Å². The number of thiazole rings is 1. The number of fused-ring (bicyclic) bond motifs is 2. The van der Waals surface area contributed by atoms with Crippen LogP contribution >= 0.6 is 11.3 Å². The van der Waals surface area contributed by atoms with Crippen LogP contribution in [0, 0.1) is 25.6 Å². The number of halogens is 1. The Hall–Kier alpha value is -2.80. The monoisotopic (exact) mass is 437 g/mol. The van der Waals surface area contributed by atoms with Gasteiger partial charge in [0, 0.05) is 18.3 Å². The molecule has 4 atom stereocenters. The summed E-state index contributed by atoms with van der Waals surface area (Å²) in [4.78, 5) is 25.4. The van der Waals surface area contributed by atoms with E-state index < -0.39 is 0 Å². The van der Waals surface area contributed by atoms with Crippen LogP contribution in [0.1, 0.15) is 40.8 Å². The van der Waals surface area contributed by atoms with Gasteiger partial charge in [-0.15, -0.1) is 11.3 Å². The van der Waals surface area contributed by atoms with Gasteiger partial charge in [0.25, 0.3) is 5.91 Å². The van der Waals surface area contributed by atoms with Crippen molar-refractivity contribution in [2.45, 2.75) is 51.8 Å². The zero-order valence-electron chi connectivity index (χ0n) is 17.7. The van der Waals surface area contributed by atoms with Crippen LogP contribution < -0.4 is 4.74 Å². The molecule has 1 saturated carbocycles. The van der Waals surface area contributed by atoms with E-state index in [2.05, 4.69) is 16.9 Å². The molecule has 2 fully saturated rings. The normalized spacial score (nSPS) is 24.6. The van der Waals surface area contributed by atoms with Crippen molar-refractivity contribution < 1.29 is 13.9 Å². The quantitative estimate of drug-likeness (QED) is 0.574. The number of likely N-dealkylation sites (tertiary alicyclic amines) is 1. The molecule has 2 bridgehead atoms. The molecule has 3 heterocycles. The highest BCUT2D eigenvalue weighted by Crippen LogP contribution is 2.45. The van der Waals surface area contributed by atoms with Crippen molar-refractivity contribution in [1.29, 1.82) is 0 Å². The Morgan fingerprint density at radius 3 is 2.61 bits per heavy atom. The molecular formula is C24H24FN3O2S. The molecule has 1 saturated heterocycles. The second kappa shape index (κ2) is 7.71. The fourth-order valence-electron chi connectivity index (χ4n) is 4.86. The lowest BCUT2D eigenvalue weighted by molar-refractivity contribution is 0.0310. The zero-order chi connectivity index (χ0) is 21.7. The van der Waals surface area contributed by atoms with Crippen LogP contribution in [0.2, 0.25) is 0 Å². The molecular weight excluding hydrogens is 413 g/mol. The number of aromatic nitrogens is 2. The number of carbonyl (C=O) groups excluding carboxylic acids is 1. The summed E-state index contributed by atoms with van der Waals surface area (Å²) >= 11 is 1.46. The first-order chi connectivity index (χ1) is 14.9. The molecule has 1 aliphatic carbocycles. The Labute approximate surface area is 184 Å². The molecule has 0 radical (unpaired) electrons. The minimum absolute atomic E-state index is 0.00123. The highest BCUT2D eigenvalue weighted by atomic mass is 32.1. The predicted octanol–water partition coefficient (Wildman–Crippen LogP) is 5.03. The Morgan fingerprint density at radius 1 is 1.16 bits per heavy atom. The molecule has 2 aliphatic rings. The van der Waals surface area contributed by atoms with Crippen LogP contribution in [0.25, 0.3) is 10.4 Å². The number of ether oxygens (including phenoxy) is 1. The Morgan fingerprint density at radius 2 is 1.94 bits per heavy atom.